The summed E-state index contributed by atoms with van der Waals surface area (Å²) < 4.78 is 0.777. The lowest BCUT2D eigenvalue weighted by atomic mass is 10.0. The molecule has 16 heavy (non-hydrogen) atoms. The number of halogens is 1. The van der Waals surface area contributed by atoms with Gasteiger partial charge in [0.15, 0.2) is 0 Å². The molecule has 1 atom stereocenters. The van der Waals surface area contributed by atoms with Gasteiger partial charge in [-0.25, -0.2) is 0 Å². The molecule has 0 aromatic heterocycles. The van der Waals surface area contributed by atoms with Crippen molar-refractivity contribution in [1.29, 1.82) is 0 Å². The van der Waals surface area contributed by atoms with Gasteiger partial charge in [-0.15, -0.1) is 0 Å². The standard InChI is InChI=1S/C11H15BrN2O2/c1-6(2)10(13)11(16)14-8-5-7(12)3-4-9(8)15/h3-6,10,15H,13H2,1-2H3,(H,14,16)/t10-/m1/s1. The first kappa shape index (κ1) is 13.0. The maximum absolute atomic E-state index is 11.7. The summed E-state index contributed by atoms with van der Waals surface area (Å²) in [5.74, 6) is -0.231. The summed E-state index contributed by atoms with van der Waals surface area (Å²) in [5, 5.41) is 12.1. The molecule has 1 aromatic rings. The highest BCUT2D eigenvalue weighted by molar-refractivity contribution is 9.10. The van der Waals surface area contributed by atoms with E-state index < -0.39 is 6.04 Å². The molecule has 0 spiro atoms. The van der Waals surface area contributed by atoms with E-state index in [1.165, 1.54) is 6.07 Å². The normalized spacial score (nSPS) is 12.6. The molecule has 1 aromatic carbocycles. The molecule has 0 saturated heterocycles. The Balaban J connectivity index is 2.80. The number of phenols is 1. The number of carbonyl (C=O) groups is 1. The molecule has 0 bridgehead atoms. The fourth-order valence-corrected chi connectivity index (χ4v) is 1.49. The number of nitrogens with one attached hydrogen (secondary N) is 1. The first-order valence-corrected chi connectivity index (χ1v) is 5.76. The Hall–Kier alpha value is -1.07. The molecule has 0 aliphatic rings. The Morgan fingerprint density at radius 3 is 2.69 bits per heavy atom. The average molecular weight is 287 g/mol. The van der Waals surface area contributed by atoms with Crippen LogP contribution in [0.25, 0.3) is 0 Å². The molecule has 5 heteroatoms. The fourth-order valence-electron chi connectivity index (χ4n) is 1.13. The van der Waals surface area contributed by atoms with Crippen LogP contribution in [0.1, 0.15) is 13.8 Å². The van der Waals surface area contributed by atoms with E-state index in [9.17, 15) is 9.90 Å². The van der Waals surface area contributed by atoms with Crippen molar-refractivity contribution in [3.8, 4) is 5.75 Å². The molecule has 0 fully saturated rings. The zero-order valence-electron chi connectivity index (χ0n) is 9.20. The largest absolute Gasteiger partial charge is 0.506 e. The molecule has 1 amide bonds. The molecule has 1 rings (SSSR count). The van der Waals surface area contributed by atoms with Crippen LogP contribution in [-0.4, -0.2) is 17.1 Å². The van der Waals surface area contributed by atoms with Crippen molar-refractivity contribution in [3.63, 3.8) is 0 Å². The van der Waals surface area contributed by atoms with Gasteiger partial charge in [0.1, 0.15) is 5.75 Å². The fraction of sp³-hybridized carbons (Fsp3) is 0.364. The number of amides is 1. The molecule has 0 aliphatic carbocycles. The topological polar surface area (TPSA) is 75.4 Å². The molecule has 0 saturated carbocycles. The van der Waals surface area contributed by atoms with E-state index in [1.54, 1.807) is 12.1 Å². The van der Waals surface area contributed by atoms with Crippen LogP contribution in [0.3, 0.4) is 0 Å². The number of aromatic hydroxyl groups is 1. The van der Waals surface area contributed by atoms with Crippen LogP contribution >= 0.6 is 15.9 Å². The second-order valence-electron chi connectivity index (χ2n) is 3.92. The maximum Gasteiger partial charge on any atom is 0.241 e. The zero-order valence-corrected chi connectivity index (χ0v) is 10.8. The summed E-state index contributed by atoms with van der Waals surface area (Å²) in [6, 6.07) is 4.23. The van der Waals surface area contributed by atoms with Crippen molar-refractivity contribution in [2.45, 2.75) is 19.9 Å². The molecule has 4 N–H and O–H groups in total. The van der Waals surface area contributed by atoms with E-state index in [0.29, 0.717) is 5.69 Å². The minimum absolute atomic E-state index is 0.0208. The van der Waals surface area contributed by atoms with Crippen LogP contribution in [0.2, 0.25) is 0 Å². The number of hydrogen-bond acceptors (Lipinski definition) is 3. The zero-order chi connectivity index (χ0) is 12.3. The van der Waals surface area contributed by atoms with Gasteiger partial charge in [-0.3, -0.25) is 4.79 Å². The van der Waals surface area contributed by atoms with Crippen molar-refractivity contribution in [1.82, 2.24) is 0 Å². The lowest BCUT2D eigenvalue weighted by molar-refractivity contribution is -0.118. The van der Waals surface area contributed by atoms with Gasteiger partial charge in [0.05, 0.1) is 11.7 Å². The summed E-state index contributed by atoms with van der Waals surface area (Å²) in [7, 11) is 0. The van der Waals surface area contributed by atoms with Gasteiger partial charge < -0.3 is 16.2 Å². The molecule has 4 nitrogen and oxygen atoms in total. The summed E-state index contributed by atoms with van der Waals surface area (Å²) >= 11 is 3.26. The van der Waals surface area contributed by atoms with Crippen molar-refractivity contribution in [3.05, 3.63) is 22.7 Å². The number of benzene rings is 1. The lowest BCUT2D eigenvalue weighted by Crippen LogP contribution is -2.39. The van der Waals surface area contributed by atoms with E-state index >= 15 is 0 Å². The van der Waals surface area contributed by atoms with Crippen molar-refractivity contribution < 1.29 is 9.90 Å². The van der Waals surface area contributed by atoms with Crippen LogP contribution in [0.4, 0.5) is 5.69 Å². The third-order valence-electron chi connectivity index (χ3n) is 2.24. The van der Waals surface area contributed by atoms with Crippen LogP contribution in [-0.2, 0) is 4.79 Å². The van der Waals surface area contributed by atoms with Crippen LogP contribution < -0.4 is 11.1 Å². The SMILES string of the molecule is CC(C)[C@@H](N)C(=O)Nc1cc(Br)ccc1O. The predicted molar refractivity (Wildman–Crippen MR) is 67.2 cm³/mol. The second-order valence-corrected chi connectivity index (χ2v) is 4.84. The van der Waals surface area contributed by atoms with Gasteiger partial charge in [-0.05, 0) is 24.1 Å². The Bertz CT molecular complexity index is 394. The van der Waals surface area contributed by atoms with E-state index in [-0.39, 0.29) is 17.6 Å². The average Bonchev–Trinajstić information content (AvgIpc) is 2.22. The first-order chi connectivity index (χ1) is 7.41. The summed E-state index contributed by atoms with van der Waals surface area (Å²) in [6.07, 6.45) is 0. The molecule has 0 aliphatic heterocycles. The number of rotatable bonds is 3. The minimum Gasteiger partial charge on any atom is -0.506 e. The number of phenolic OH excluding ortho intramolecular Hbond substituents is 1. The minimum atomic E-state index is -0.585. The Morgan fingerprint density at radius 1 is 1.50 bits per heavy atom. The van der Waals surface area contributed by atoms with Gasteiger partial charge >= 0.3 is 0 Å². The molecule has 0 unspecified atom stereocenters. The van der Waals surface area contributed by atoms with Gasteiger partial charge in [-0.1, -0.05) is 29.8 Å². The lowest BCUT2D eigenvalue weighted by Gasteiger charge is -2.16. The molecule has 88 valence electrons. The smallest absolute Gasteiger partial charge is 0.241 e. The number of hydrogen-bond donors (Lipinski definition) is 3. The van der Waals surface area contributed by atoms with Crippen LogP contribution in [0.5, 0.6) is 5.75 Å². The van der Waals surface area contributed by atoms with Gasteiger partial charge in [0.25, 0.3) is 0 Å². The highest BCUT2D eigenvalue weighted by atomic mass is 79.9. The molecule has 0 heterocycles. The third-order valence-corrected chi connectivity index (χ3v) is 2.73. The summed E-state index contributed by atoms with van der Waals surface area (Å²) in [6.45, 7) is 3.73. The molecular weight excluding hydrogens is 272 g/mol. The van der Waals surface area contributed by atoms with Crippen LogP contribution in [0, 0.1) is 5.92 Å². The van der Waals surface area contributed by atoms with E-state index in [1.807, 2.05) is 13.8 Å². The van der Waals surface area contributed by atoms with Crippen molar-refractivity contribution >= 4 is 27.5 Å². The third kappa shape index (κ3) is 3.21. The first-order valence-electron chi connectivity index (χ1n) is 4.96. The summed E-state index contributed by atoms with van der Waals surface area (Å²) in [4.78, 5) is 11.7. The number of carbonyl (C=O) groups excluding carboxylic acids is 1. The van der Waals surface area contributed by atoms with Gasteiger partial charge in [0, 0.05) is 4.47 Å². The predicted octanol–water partition coefficient (Wildman–Crippen LogP) is 2.08. The Labute approximate surface area is 103 Å². The Kier molecular flexibility index (Phi) is 4.32. The van der Waals surface area contributed by atoms with Gasteiger partial charge in [-0.2, -0.15) is 0 Å². The number of nitrogens with two attached hydrogens (primary N) is 1. The highest BCUT2D eigenvalue weighted by Gasteiger charge is 2.18. The van der Waals surface area contributed by atoms with E-state index in [0.717, 1.165) is 4.47 Å². The van der Waals surface area contributed by atoms with E-state index in [2.05, 4.69) is 21.2 Å². The monoisotopic (exact) mass is 286 g/mol. The number of anilines is 1. The van der Waals surface area contributed by atoms with Crippen molar-refractivity contribution in [2.24, 2.45) is 11.7 Å². The maximum atomic E-state index is 11.7. The van der Waals surface area contributed by atoms with E-state index in [4.69, 9.17) is 5.73 Å². The Morgan fingerprint density at radius 2 is 2.12 bits per heavy atom. The van der Waals surface area contributed by atoms with Gasteiger partial charge in [0.2, 0.25) is 5.91 Å². The quantitative estimate of drug-likeness (QED) is 0.745. The highest BCUT2D eigenvalue weighted by Crippen LogP contribution is 2.26. The second kappa shape index (κ2) is 5.32. The van der Waals surface area contributed by atoms with Crippen molar-refractivity contribution in [2.75, 3.05) is 5.32 Å². The molecule has 0 radical (unpaired) electrons. The molecular formula is C11H15BrN2O2. The van der Waals surface area contributed by atoms with Crippen LogP contribution in [0.15, 0.2) is 22.7 Å². The summed E-state index contributed by atoms with van der Waals surface area (Å²) in [5.41, 5.74) is 6.05.